The molecule has 1 unspecified atom stereocenters. The predicted molar refractivity (Wildman–Crippen MR) is 108 cm³/mol. The van der Waals surface area contributed by atoms with Crippen LogP contribution in [0.5, 0.6) is 0 Å². The number of amides is 1. The van der Waals surface area contributed by atoms with Crippen molar-refractivity contribution in [1.82, 2.24) is 10.4 Å². The highest BCUT2D eigenvalue weighted by molar-refractivity contribution is 6.30. The first-order valence-corrected chi connectivity index (χ1v) is 9.49. The zero-order valence-electron chi connectivity index (χ0n) is 15.8. The Labute approximate surface area is 169 Å². The van der Waals surface area contributed by atoms with E-state index in [0.717, 1.165) is 11.1 Å². The minimum Gasteiger partial charge on any atom is -0.478 e. The van der Waals surface area contributed by atoms with Gasteiger partial charge in [-0.05, 0) is 54.7 Å². The summed E-state index contributed by atoms with van der Waals surface area (Å²) < 4.78 is 0. The van der Waals surface area contributed by atoms with Crippen molar-refractivity contribution in [2.24, 2.45) is 0 Å². The lowest BCUT2D eigenvalue weighted by atomic mass is 10.1. The normalized spacial score (nSPS) is 11.8. The summed E-state index contributed by atoms with van der Waals surface area (Å²) >= 11 is 5.86. The van der Waals surface area contributed by atoms with E-state index in [1.54, 1.807) is 36.4 Å². The molecule has 2 rings (SSSR count). The Morgan fingerprint density at radius 1 is 1.07 bits per heavy atom. The molecule has 150 valence electrons. The van der Waals surface area contributed by atoms with Crippen LogP contribution in [0.15, 0.2) is 48.5 Å². The van der Waals surface area contributed by atoms with Crippen LogP contribution < -0.4 is 5.43 Å². The first kappa shape index (κ1) is 21.9. The van der Waals surface area contributed by atoms with Crippen LogP contribution >= 0.6 is 11.6 Å². The molecular formula is C21H25ClN2O4. The molecule has 2 aromatic rings. The molecular weight excluding hydrogens is 380 g/mol. The number of aromatic carboxylic acids is 1. The molecule has 0 heterocycles. The number of benzene rings is 2. The van der Waals surface area contributed by atoms with E-state index in [0.29, 0.717) is 37.4 Å². The summed E-state index contributed by atoms with van der Waals surface area (Å²) in [4.78, 5) is 22.7. The maximum absolute atomic E-state index is 11.8. The number of halogens is 1. The average Bonchev–Trinajstić information content (AvgIpc) is 2.66. The van der Waals surface area contributed by atoms with Crippen LogP contribution in [0.4, 0.5) is 0 Å². The summed E-state index contributed by atoms with van der Waals surface area (Å²) in [5.74, 6) is -1.08. The quantitative estimate of drug-likeness (QED) is 0.530. The van der Waals surface area contributed by atoms with Gasteiger partial charge in [0.2, 0.25) is 5.91 Å². The number of hydrogen-bond acceptors (Lipinski definition) is 4. The largest absolute Gasteiger partial charge is 0.478 e. The fourth-order valence-corrected chi connectivity index (χ4v) is 2.90. The Kier molecular flexibility index (Phi) is 8.44. The van der Waals surface area contributed by atoms with Gasteiger partial charge in [-0.3, -0.25) is 9.80 Å². The third kappa shape index (κ3) is 7.31. The van der Waals surface area contributed by atoms with Crippen LogP contribution in [-0.2, 0) is 17.6 Å². The molecule has 7 heteroatoms. The SMILES string of the molecule is CC(=O)N(CCC(O)Cc1ccc(Cl)cc1)NCCc1ccc(C(=O)O)cc1. The molecule has 0 aliphatic heterocycles. The van der Waals surface area contributed by atoms with Gasteiger partial charge in [-0.2, -0.15) is 0 Å². The van der Waals surface area contributed by atoms with Gasteiger partial charge in [-0.25, -0.2) is 10.2 Å². The van der Waals surface area contributed by atoms with Gasteiger partial charge >= 0.3 is 5.97 Å². The van der Waals surface area contributed by atoms with Gasteiger partial charge in [-0.1, -0.05) is 35.9 Å². The van der Waals surface area contributed by atoms with Crippen LogP contribution in [0, 0.1) is 0 Å². The zero-order valence-corrected chi connectivity index (χ0v) is 16.5. The Balaban J connectivity index is 1.76. The van der Waals surface area contributed by atoms with E-state index in [2.05, 4.69) is 5.43 Å². The van der Waals surface area contributed by atoms with E-state index in [1.165, 1.54) is 11.9 Å². The van der Waals surface area contributed by atoms with Crippen molar-refractivity contribution in [2.75, 3.05) is 13.1 Å². The van der Waals surface area contributed by atoms with Gasteiger partial charge in [0, 0.05) is 25.0 Å². The number of hydrogen-bond donors (Lipinski definition) is 3. The zero-order chi connectivity index (χ0) is 20.5. The second-order valence-corrected chi connectivity index (χ2v) is 7.04. The Hall–Kier alpha value is -2.41. The summed E-state index contributed by atoms with van der Waals surface area (Å²) in [6, 6.07) is 14.0. The van der Waals surface area contributed by atoms with Crippen LogP contribution in [-0.4, -0.2) is 46.3 Å². The molecule has 0 aromatic heterocycles. The van der Waals surface area contributed by atoms with Crippen molar-refractivity contribution >= 4 is 23.5 Å². The molecule has 2 aromatic carbocycles. The van der Waals surface area contributed by atoms with Gasteiger partial charge in [0.15, 0.2) is 0 Å². The predicted octanol–water partition coefficient (Wildman–Crippen LogP) is 2.93. The number of rotatable bonds is 10. The number of aliphatic hydroxyl groups is 1. The number of hydrazine groups is 1. The molecule has 0 saturated carbocycles. The standard InChI is InChI=1S/C21H25ClN2O4/c1-15(25)24(13-11-20(26)14-17-4-8-19(22)9-5-17)23-12-10-16-2-6-18(7-3-16)21(27)28/h2-9,20,23,26H,10-14H2,1H3,(H,27,28). The number of nitrogens with one attached hydrogen (secondary N) is 1. The van der Waals surface area contributed by atoms with E-state index >= 15 is 0 Å². The summed E-state index contributed by atoms with van der Waals surface area (Å²) in [7, 11) is 0. The van der Waals surface area contributed by atoms with Crippen LogP contribution in [0.25, 0.3) is 0 Å². The van der Waals surface area contributed by atoms with E-state index < -0.39 is 12.1 Å². The number of nitrogens with zero attached hydrogens (tertiary/aromatic N) is 1. The summed E-state index contributed by atoms with van der Waals surface area (Å²) in [6.45, 7) is 2.39. The van der Waals surface area contributed by atoms with Crippen molar-refractivity contribution in [3.63, 3.8) is 0 Å². The molecule has 0 aliphatic rings. The molecule has 3 N–H and O–H groups in total. The summed E-state index contributed by atoms with van der Waals surface area (Å²) in [6.07, 6.45) is 1.03. The molecule has 0 saturated heterocycles. The molecule has 0 aliphatic carbocycles. The lowest BCUT2D eigenvalue weighted by Gasteiger charge is -2.23. The minimum absolute atomic E-state index is 0.125. The smallest absolute Gasteiger partial charge is 0.335 e. The topological polar surface area (TPSA) is 89.9 Å². The monoisotopic (exact) mass is 404 g/mol. The maximum Gasteiger partial charge on any atom is 0.335 e. The Morgan fingerprint density at radius 3 is 2.25 bits per heavy atom. The number of carboxylic acid groups (broad SMARTS) is 1. The maximum atomic E-state index is 11.8. The van der Waals surface area contributed by atoms with Crippen molar-refractivity contribution in [3.05, 3.63) is 70.2 Å². The summed E-state index contributed by atoms with van der Waals surface area (Å²) in [5.41, 5.74) is 5.28. The first-order chi connectivity index (χ1) is 13.3. The molecule has 6 nitrogen and oxygen atoms in total. The lowest BCUT2D eigenvalue weighted by molar-refractivity contribution is -0.132. The van der Waals surface area contributed by atoms with Gasteiger partial charge in [0.1, 0.15) is 0 Å². The van der Waals surface area contributed by atoms with E-state index in [-0.39, 0.29) is 11.5 Å². The number of carbonyl (C=O) groups excluding carboxylic acids is 1. The van der Waals surface area contributed by atoms with Crippen LogP contribution in [0.1, 0.15) is 34.8 Å². The molecule has 0 fully saturated rings. The first-order valence-electron chi connectivity index (χ1n) is 9.11. The Bertz CT molecular complexity index is 778. The fourth-order valence-electron chi connectivity index (χ4n) is 2.77. The molecule has 0 bridgehead atoms. The summed E-state index contributed by atoms with van der Waals surface area (Å²) in [5, 5.41) is 21.3. The van der Waals surface area contributed by atoms with Gasteiger partial charge in [0.25, 0.3) is 0 Å². The lowest BCUT2D eigenvalue weighted by Crippen LogP contribution is -2.44. The average molecular weight is 405 g/mol. The van der Waals surface area contributed by atoms with E-state index in [9.17, 15) is 14.7 Å². The molecule has 1 atom stereocenters. The van der Waals surface area contributed by atoms with Gasteiger partial charge in [0.05, 0.1) is 11.7 Å². The number of aliphatic hydroxyl groups excluding tert-OH is 1. The van der Waals surface area contributed by atoms with Crippen molar-refractivity contribution in [1.29, 1.82) is 0 Å². The third-order valence-corrected chi connectivity index (χ3v) is 4.62. The fraction of sp³-hybridized carbons (Fsp3) is 0.333. The second-order valence-electron chi connectivity index (χ2n) is 6.60. The van der Waals surface area contributed by atoms with Crippen molar-refractivity contribution in [3.8, 4) is 0 Å². The highest BCUT2D eigenvalue weighted by Gasteiger charge is 2.12. The molecule has 0 spiro atoms. The van der Waals surface area contributed by atoms with Crippen molar-refractivity contribution < 1.29 is 19.8 Å². The highest BCUT2D eigenvalue weighted by Crippen LogP contribution is 2.12. The van der Waals surface area contributed by atoms with Gasteiger partial charge in [-0.15, -0.1) is 0 Å². The van der Waals surface area contributed by atoms with E-state index in [1.807, 2.05) is 12.1 Å². The molecule has 1 amide bonds. The Morgan fingerprint density at radius 2 is 1.68 bits per heavy atom. The van der Waals surface area contributed by atoms with Crippen LogP contribution in [0.3, 0.4) is 0 Å². The number of carbonyl (C=O) groups is 2. The molecule has 28 heavy (non-hydrogen) atoms. The van der Waals surface area contributed by atoms with Crippen molar-refractivity contribution in [2.45, 2.75) is 32.3 Å². The molecule has 0 radical (unpaired) electrons. The number of carboxylic acids is 1. The van der Waals surface area contributed by atoms with Crippen LogP contribution in [0.2, 0.25) is 5.02 Å². The van der Waals surface area contributed by atoms with Gasteiger partial charge < -0.3 is 10.2 Å². The highest BCUT2D eigenvalue weighted by atomic mass is 35.5. The minimum atomic E-state index is -0.954. The third-order valence-electron chi connectivity index (χ3n) is 4.37. The van der Waals surface area contributed by atoms with E-state index in [4.69, 9.17) is 16.7 Å². The second kappa shape index (κ2) is 10.8.